The van der Waals surface area contributed by atoms with E-state index in [1.807, 2.05) is 13.8 Å². The van der Waals surface area contributed by atoms with Gasteiger partial charge < -0.3 is 19.5 Å². The summed E-state index contributed by atoms with van der Waals surface area (Å²) >= 11 is 0. The summed E-state index contributed by atoms with van der Waals surface area (Å²) < 4.78 is 42.7. The zero-order valence-corrected chi connectivity index (χ0v) is 17.3. The van der Waals surface area contributed by atoms with Gasteiger partial charge in [0.15, 0.2) is 18.1 Å². The van der Waals surface area contributed by atoms with Crippen molar-refractivity contribution in [3.8, 4) is 11.5 Å². The lowest BCUT2D eigenvalue weighted by atomic mass is 10.1. The molecule has 0 unspecified atom stereocenters. The Bertz CT molecular complexity index is 901. The fraction of sp³-hybridized carbons (Fsp3) is 0.364. The maximum atomic E-state index is 13.8. The van der Waals surface area contributed by atoms with Crippen LogP contribution < -0.4 is 14.8 Å². The second kappa shape index (κ2) is 10.6. The third kappa shape index (κ3) is 6.43. The molecule has 1 amide bonds. The summed E-state index contributed by atoms with van der Waals surface area (Å²) in [4.78, 5) is 24.3. The lowest BCUT2D eigenvalue weighted by Gasteiger charge is -2.15. The Morgan fingerprint density at radius 3 is 2.40 bits per heavy atom. The second-order valence-electron chi connectivity index (χ2n) is 7.10. The Labute approximate surface area is 174 Å². The Balaban J connectivity index is 1.93. The van der Waals surface area contributed by atoms with Crippen molar-refractivity contribution in [3.05, 3.63) is 59.2 Å². The minimum atomic E-state index is -0.772. The van der Waals surface area contributed by atoms with E-state index in [0.29, 0.717) is 24.0 Å². The molecule has 0 saturated carbocycles. The van der Waals surface area contributed by atoms with Crippen LogP contribution in [0.25, 0.3) is 0 Å². The van der Waals surface area contributed by atoms with Gasteiger partial charge in [0.1, 0.15) is 11.6 Å². The monoisotopic (exact) mass is 421 g/mol. The lowest BCUT2D eigenvalue weighted by Crippen LogP contribution is -2.31. The molecule has 2 aromatic rings. The average molecular weight is 421 g/mol. The number of rotatable bonds is 9. The Morgan fingerprint density at radius 1 is 1.03 bits per heavy atom. The van der Waals surface area contributed by atoms with Crippen LogP contribution in [-0.2, 0) is 9.53 Å². The zero-order chi connectivity index (χ0) is 22.3. The lowest BCUT2D eigenvalue weighted by molar-refractivity contribution is -0.124. The minimum Gasteiger partial charge on any atom is -0.493 e. The van der Waals surface area contributed by atoms with Gasteiger partial charge in [-0.15, -0.1) is 0 Å². The number of amides is 1. The third-order valence-corrected chi connectivity index (χ3v) is 4.11. The van der Waals surface area contributed by atoms with Crippen molar-refractivity contribution in [2.45, 2.75) is 26.8 Å². The van der Waals surface area contributed by atoms with Crippen molar-refractivity contribution < 1.29 is 32.6 Å². The van der Waals surface area contributed by atoms with Gasteiger partial charge in [-0.2, -0.15) is 0 Å². The molecular formula is C22H25F2NO5. The van der Waals surface area contributed by atoms with E-state index in [-0.39, 0.29) is 11.1 Å². The Kier molecular flexibility index (Phi) is 8.15. The van der Waals surface area contributed by atoms with E-state index in [4.69, 9.17) is 14.2 Å². The highest BCUT2D eigenvalue weighted by Crippen LogP contribution is 2.28. The van der Waals surface area contributed by atoms with E-state index in [0.717, 1.165) is 12.1 Å². The van der Waals surface area contributed by atoms with Gasteiger partial charge in [-0.25, -0.2) is 13.6 Å². The molecule has 0 saturated heterocycles. The van der Waals surface area contributed by atoms with Crippen LogP contribution in [0.4, 0.5) is 8.78 Å². The van der Waals surface area contributed by atoms with Gasteiger partial charge in [-0.3, -0.25) is 4.79 Å². The minimum absolute atomic E-state index is 0.123. The highest BCUT2D eigenvalue weighted by atomic mass is 19.1. The van der Waals surface area contributed by atoms with E-state index < -0.39 is 36.2 Å². The highest BCUT2D eigenvalue weighted by molar-refractivity contribution is 5.92. The molecular weight excluding hydrogens is 396 g/mol. The molecule has 0 radical (unpaired) electrons. The molecule has 0 fully saturated rings. The molecule has 1 N–H and O–H groups in total. The zero-order valence-electron chi connectivity index (χ0n) is 17.3. The maximum Gasteiger partial charge on any atom is 0.338 e. The summed E-state index contributed by atoms with van der Waals surface area (Å²) in [5, 5.41) is 2.50. The molecule has 0 heterocycles. The van der Waals surface area contributed by atoms with Crippen molar-refractivity contribution in [3.63, 3.8) is 0 Å². The van der Waals surface area contributed by atoms with E-state index in [2.05, 4.69) is 5.32 Å². The highest BCUT2D eigenvalue weighted by Gasteiger charge is 2.17. The van der Waals surface area contributed by atoms with Gasteiger partial charge >= 0.3 is 5.97 Å². The number of hydrogen-bond donors (Lipinski definition) is 1. The van der Waals surface area contributed by atoms with Crippen LogP contribution in [0.1, 0.15) is 42.7 Å². The molecule has 0 spiro atoms. The van der Waals surface area contributed by atoms with Crippen molar-refractivity contribution in [2.24, 2.45) is 5.92 Å². The van der Waals surface area contributed by atoms with Crippen LogP contribution in [0.2, 0.25) is 0 Å². The van der Waals surface area contributed by atoms with Gasteiger partial charge in [-0.1, -0.05) is 19.9 Å². The molecule has 0 aliphatic heterocycles. The summed E-state index contributed by atoms with van der Waals surface area (Å²) in [6, 6.07) is 6.92. The number of hydrogen-bond acceptors (Lipinski definition) is 5. The molecule has 0 aromatic heterocycles. The Hall–Kier alpha value is -3.16. The van der Waals surface area contributed by atoms with Gasteiger partial charge in [0.05, 0.1) is 25.3 Å². The van der Waals surface area contributed by atoms with E-state index in [9.17, 15) is 18.4 Å². The molecule has 2 rings (SSSR count). The first-order valence-electron chi connectivity index (χ1n) is 9.43. The van der Waals surface area contributed by atoms with Crippen LogP contribution in [0.15, 0.2) is 36.4 Å². The van der Waals surface area contributed by atoms with Gasteiger partial charge in [-0.05, 0) is 37.1 Å². The Morgan fingerprint density at radius 2 is 1.77 bits per heavy atom. The largest absolute Gasteiger partial charge is 0.493 e. The molecule has 30 heavy (non-hydrogen) atoms. The quantitative estimate of drug-likeness (QED) is 0.619. The van der Waals surface area contributed by atoms with Gasteiger partial charge in [0, 0.05) is 11.6 Å². The molecule has 8 heteroatoms. The van der Waals surface area contributed by atoms with Crippen LogP contribution in [0.5, 0.6) is 11.5 Å². The van der Waals surface area contributed by atoms with Crippen molar-refractivity contribution in [2.75, 3.05) is 20.3 Å². The summed E-state index contributed by atoms with van der Waals surface area (Å²) in [5.74, 6) is -1.64. The van der Waals surface area contributed by atoms with Crippen LogP contribution >= 0.6 is 0 Å². The average Bonchev–Trinajstić information content (AvgIpc) is 2.70. The first-order valence-corrected chi connectivity index (χ1v) is 9.43. The summed E-state index contributed by atoms with van der Waals surface area (Å²) in [7, 11) is 1.45. The van der Waals surface area contributed by atoms with Crippen molar-refractivity contribution in [1.82, 2.24) is 5.32 Å². The number of nitrogens with one attached hydrogen (secondary N) is 1. The molecule has 2 aromatic carbocycles. The molecule has 0 aliphatic carbocycles. The molecule has 0 aliphatic rings. The number of carbonyl (C=O) groups is 2. The number of halogens is 2. The summed E-state index contributed by atoms with van der Waals surface area (Å²) in [6.07, 6.45) is 0. The predicted molar refractivity (Wildman–Crippen MR) is 107 cm³/mol. The number of esters is 1. The van der Waals surface area contributed by atoms with Gasteiger partial charge in [0.25, 0.3) is 5.91 Å². The van der Waals surface area contributed by atoms with E-state index in [1.165, 1.54) is 32.2 Å². The predicted octanol–water partition coefficient (Wildman–Crippen LogP) is 4.04. The standard InChI is InChI=1S/C22H25F2NO5/c1-13(2)11-29-19-8-5-15(9-20(19)28-4)22(27)30-12-21(26)25-14(3)17-7-6-16(23)10-18(17)24/h5-10,13-14H,11-12H2,1-4H3,(H,25,26)/t14-/m0/s1. The first-order chi connectivity index (χ1) is 14.2. The first kappa shape index (κ1) is 23.1. The van der Waals surface area contributed by atoms with Crippen molar-refractivity contribution >= 4 is 11.9 Å². The normalized spacial score (nSPS) is 11.7. The summed E-state index contributed by atoms with van der Waals surface area (Å²) in [6.45, 7) is 5.49. The third-order valence-electron chi connectivity index (χ3n) is 4.11. The van der Waals surface area contributed by atoms with E-state index >= 15 is 0 Å². The molecule has 6 nitrogen and oxygen atoms in total. The number of carbonyl (C=O) groups excluding carboxylic acids is 2. The SMILES string of the molecule is COc1cc(C(=O)OCC(=O)N[C@@H](C)c2ccc(F)cc2F)ccc1OCC(C)C. The van der Waals surface area contributed by atoms with Crippen LogP contribution in [0, 0.1) is 17.6 Å². The summed E-state index contributed by atoms with van der Waals surface area (Å²) in [5.41, 5.74) is 0.312. The van der Waals surface area contributed by atoms with Crippen LogP contribution in [0.3, 0.4) is 0 Å². The number of benzene rings is 2. The topological polar surface area (TPSA) is 73.9 Å². The fourth-order valence-electron chi connectivity index (χ4n) is 2.60. The molecule has 162 valence electrons. The van der Waals surface area contributed by atoms with Crippen molar-refractivity contribution in [1.29, 1.82) is 0 Å². The smallest absolute Gasteiger partial charge is 0.338 e. The second-order valence-corrected chi connectivity index (χ2v) is 7.10. The number of methoxy groups -OCH3 is 1. The molecule has 0 bridgehead atoms. The van der Waals surface area contributed by atoms with Gasteiger partial charge in [0.2, 0.25) is 0 Å². The van der Waals surface area contributed by atoms with Crippen LogP contribution in [-0.4, -0.2) is 32.2 Å². The number of ether oxygens (including phenoxy) is 3. The maximum absolute atomic E-state index is 13.8. The fourth-order valence-corrected chi connectivity index (χ4v) is 2.60. The van der Waals surface area contributed by atoms with E-state index in [1.54, 1.807) is 6.07 Å². The molecule has 1 atom stereocenters.